The third-order valence-electron chi connectivity index (χ3n) is 3.34. The first kappa shape index (κ1) is 20.5. The van der Waals surface area contributed by atoms with E-state index in [0.717, 1.165) is 24.3 Å². The number of carbonyl (C=O) groups is 2. The van der Waals surface area contributed by atoms with E-state index in [4.69, 9.17) is 4.74 Å². The van der Waals surface area contributed by atoms with E-state index < -0.39 is 38.8 Å². The molecule has 0 fully saturated rings. The van der Waals surface area contributed by atoms with Gasteiger partial charge in [-0.05, 0) is 25.5 Å². The van der Waals surface area contributed by atoms with Crippen LogP contribution in [0.3, 0.4) is 0 Å². The molecule has 0 radical (unpaired) electrons. The first-order chi connectivity index (χ1) is 11.6. The Morgan fingerprint density at radius 2 is 1.84 bits per heavy atom. The number of hydrogen-bond donors (Lipinski definition) is 2. The summed E-state index contributed by atoms with van der Waals surface area (Å²) in [5, 5.41) is 19.8. The first-order valence-electron chi connectivity index (χ1n) is 7.30. The molecule has 0 aromatic heterocycles. The number of sulfonamides is 1. The SMILES string of the molecule is CCOC(=O)[C@H](NS(=O)(=O)c1ccc([N+](=O)[O-])cc1)[C@H](CC)C(=O)O. The molecule has 0 saturated carbocycles. The number of carbonyl (C=O) groups excluding carboxylic acids is 1. The van der Waals surface area contributed by atoms with Crippen LogP contribution >= 0.6 is 0 Å². The van der Waals surface area contributed by atoms with Crippen molar-refractivity contribution in [1.82, 2.24) is 4.72 Å². The zero-order valence-electron chi connectivity index (χ0n) is 13.5. The molecule has 2 atom stereocenters. The Hall–Kier alpha value is -2.53. The number of nitro benzene ring substituents is 1. The van der Waals surface area contributed by atoms with Crippen molar-refractivity contribution in [2.45, 2.75) is 31.2 Å². The molecule has 0 aliphatic heterocycles. The topological polar surface area (TPSA) is 153 Å². The number of benzene rings is 1. The number of carboxylic acids is 1. The Balaban J connectivity index is 3.18. The number of hydrogen-bond acceptors (Lipinski definition) is 7. The molecule has 1 aromatic rings. The summed E-state index contributed by atoms with van der Waals surface area (Å²) in [7, 11) is -4.29. The van der Waals surface area contributed by atoms with Crippen molar-refractivity contribution in [2.24, 2.45) is 5.92 Å². The third kappa shape index (κ3) is 5.22. The van der Waals surface area contributed by atoms with Gasteiger partial charge in [0.05, 0.1) is 22.3 Å². The molecule has 0 spiro atoms. The first-order valence-corrected chi connectivity index (χ1v) is 8.78. The Morgan fingerprint density at radius 3 is 2.24 bits per heavy atom. The zero-order chi connectivity index (χ0) is 19.2. The number of rotatable bonds is 9. The summed E-state index contributed by atoms with van der Waals surface area (Å²) in [6, 6.07) is 2.34. The van der Waals surface area contributed by atoms with E-state index in [1.807, 2.05) is 4.72 Å². The summed E-state index contributed by atoms with van der Waals surface area (Å²) in [4.78, 5) is 32.9. The fourth-order valence-electron chi connectivity index (χ4n) is 2.06. The summed E-state index contributed by atoms with van der Waals surface area (Å²) >= 11 is 0. The zero-order valence-corrected chi connectivity index (χ0v) is 14.4. The Bertz CT molecular complexity index is 745. The molecule has 0 heterocycles. The molecule has 0 unspecified atom stereocenters. The normalized spacial score (nSPS) is 13.7. The summed E-state index contributed by atoms with van der Waals surface area (Å²) in [6.07, 6.45) is -0.0123. The Labute approximate surface area is 144 Å². The molecule has 138 valence electrons. The van der Waals surface area contributed by atoms with Crippen LogP contribution in [0.15, 0.2) is 29.2 Å². The molecule has 0 saturated heterocycles. The second kappa shape index (κ2) is 8.53. The average Bonchev–Trinajstić information content (AvgIpc) is 2.54. The van der Waals surface area contributed by atoms with Crippen LogP contribution < -0.4 is 4.72 Å². The van der Waals surface area contributed by atoms with Crippen LogP contribution in [0.25, 0.3) is 0 Å². The van der Waals surface area contributed by atoms with E-state index in [1.165, 1.54) is 13.8 Å². The molecule has 1 aromatic carbocycles. The highest BCUT2D eigenvalue weighted by molar-refractivity contribution is 7.89. The number of aliphatic carboxylic acids is 1. The van der Waals surface area contributed by atoms with Crippen LogP contribution in [0, 0.1) is 16.0 Å². The monoisotopic (exact) mass is 374 g/mol. The quantitative estimate of drug-likeness (QED) is 0.367. The third-order valence-corrected chi connectivity index (χ3v) is 4.80. The lowest BCUT2D eigenvalue weighted by molar-refractivity contribution is -0.384. The van der Waals surface area contributed by atoms with Gasteiger partial charge in [0, 0.05) is 12.1 Å². The lowest BCUT2D eigenvalue weighted by atomic mass is 9.98. The fourth-order valence-corrected chi connectivity index (χ4v) is 3.29. The van der Waals surface area contributed by atoms with E-state index in [-0.39, 0.29) is 23.6 Å². The molecule has 0 aliphatic rings. The van der Waals surface area contributed by atoms with Gasteiger partial charge in [-0.25, -0.2) is 8.42 Å². The average molecular weight is 374 g/mol. The van der Waals surface area contributed by atoms with E-state index in [2.05, 4.69) is 0 Å². The summed E-state index contributed by atoms with van der Waals surface area (Å²) in [5.74, 6) is -3.69. The van der Waals surface area contributed by atoms with Gasteiger partial charge in [-0.15, -0.1) is 0 Å². The summed E-state index contributed by atoms with van der Waals surface area (Å²) in [6.45, 7) is 2.94. The predicted molar refractivity (Wildman–Crippen MR) is 85.3 cm³/mol. The van der Waals surface area contributed by atoms with Gasteiger partial charge in [-0.3, -0.25) is 19.7 Å². The predicted octanol–water partition coefficient (Wildman–Crippen LogP) is 0.916. The van der Waals surface area contributed by atoms with Gasteiger partial charge in [-0.2, -0.15) is 4.72 Å². The minimum absolute atomic E-state index is 0.0123. The van der Waals surface area contributed by atoms with Gasteiger partial charge >= 0.3 is 11.9 Å². The maximum atomic E-state index is 12.4. The Kier molecular flexibility index (Phi) is 7.00. The van der Waals surface area contributed by atoms with Crippen molar-refractivity contribution < 1.29 is 32.8 Å². The van der Waals surface area contributed by atoms with Crippen molar-refractivity contribution in [3.8, 4) is 0 Å². The lowest BCUT2D eigenvalue weighted by Crippen LogP contribution is -2.49. The van der Waals surface area contributed by atoms with Crippen LogP contribution in [-0.2, 0) is 24.3 Å². The molecule has 10 nitrogen and oxygen atoms in total. The maximum absolute atomic E-state index is 12.4. The maximum Gasteiger partial charge on any atom is 0.325 e. The lowest BCUT2D eigenvalue weighted by Gasteiger charge is -2.22. The molecule has 25 heavy (non-hydrogen) atoms. The van der Waals surface area contributed by atoms with Crippen molar-refractivity contribution in [1.29, 1.82) is 0 Å². The molecule has 0 aliphatic carbocycles. The molecular formula is C14H18N2O8S. The van der Waals surface area contributed by atoms with Crippen molar-refractivity contribution in [2.75, 3.05) is 6.61 Å². The van der Waals surface area contributed by atoms with Crippen LogP contribution in [0.1, 0.15) is 20.3 Å². The highest BCUT2D eigenvalue weighted by Gasteiger charge is 2.37. The molecule has 11 heteroatoms. The van der Waals surface area contributed by atoms with Crippen molar-refractivity contribution >= 4 is 27.6 Å². The van der Waals surface area contributed by atoms with Crippen LogP contribution in [0.4, 0.5) is 5.69 Å². The van der Waals surface area contributed by atoms with Gasteiger partial charge in [0.2, 0.25) is 10.0 Å². The fraction of sp³-hybridized carbons (Fsp3) is 0.429. The highest BCUT2D eigenvalue weighted by atomic mass is 32.2. The van der Waals surface area contributed by atoms with E-state index in [1.54, 1.807) is 0 Å². The van der Waals surface area contributed by atoms with Crippen molar-refractivity contribution in [3.63, 3.8) is 0 Å². The minimum atomic E-state index is -4.29. The number of esters is 1. The number of nitrogens with zero attached hydrogens (tertiary/aromatic N) is 1. The second-order valence-corrected chi connectivity index (χ2v) is 6.67. The number of non-ortho nitro benzene ring substituents is 1. The van der Waals surface area contributed by atoms with Gasteiger partial charge in [-0.1, -0.05) is 6.92 Å². The number of nitrogens with one attached hydrogen (secondary N) is 1. The van der Waals surface area contributed by atoms with Gasteiger partial charge < -0.3 is 9.84 Å². The summed E-state index contributed by atoms with van der Waals surface area (Å²) < 4.78 is 31.6. The van der Waals surface area contributed by atoms with Crippen LogP contribution in [0.5, 0.6) is 0 Å². The van der Waals surface area contributed by atoms with Crippen LogP contribution in [0.2, 0.25) is 0 Å². The number of carboxylic acid groups (broad SMARTS) is 1. The molecule has 0 bridgehead atoms. The highest BCUT2D eigenvalue weighted by Crippen LogP contribution is 2.18. The van der Waals surface area contributed by atoms with Gasteiger partial charge in [0.1, 0.15) is 6.04 Å². The smallest absolute Gasteiger partial charge is 0.325 e. The van der Waals surface area contributed by atoms with Crippen LogP contribution in [-0.4, -0.2) is 43.0 Å². The molecule has 1 rings (SSSR count). The number of ether oxygens (including phenoxy) is 1. The van der Waals surface area contributed by atoms with E-state index in [9.17, 15) is 33.2 Å². The molecular weight excluding hydrogens is 356 g/mol. The van der Waals surface area contributed by atoms with Gasteiger partial charge in [0.25, 0.3) is 5.69 Å². The van der Waals surface area contributed by atoms with E-state index >= 15 is 0 Å². The van der Waals surface area contributed by atoms with Gasteiger partial charge in [0.15, 0.2) is 0 Å². The largest absolute Gasteiger partial charge is 0.481 e. The number of nitro groups is 1. The molecule has 2 N–H and O–H groups in total. The second-order valence-electron chi connectivity index (χ2n) is 4.95. The minimum Gasteiger partial charge on any atom is -0.481 e. The standard InChI is InChI=1S/C14H18N2O8S/c1-3-11(13(17)18)12(14(19)24-4-2)15-25(22,23)10-7-5-9(6-8-10)16(20)21/h5-8,11-12,15H,3-4H2,1-2H3,(H,17,18)/t11-,12+/m0/s1. The molecule has 0 amide bonds. The Morgan fingerprint density at radius 1 is 1.28 bits per heavy atom. The van der Waals surface area contributed by atoms with Crippen molar-refractivity contribution in [3.05, 3.63) is 34.4 Å². The van der Waals surface area contributed by atoms with E-state index in [0.29, 0.717) is 0 Å². The summed E-state index contributed by atoms with van der Waals surface area (Å²) in [5.41, 5.74) is -0.308.